The van der Waals surface area contributed by atoms with E-state index < -0.39 is 5.97 Å². The monoisotopic (exact) mass is 341 g/mol. The fourth-order valence-corrected chi connectivity index (χ4v) is 3.24. The highest BCUT2D eigenvalue weighted by atomic mass is 79.9. The highest BCUT2D eigenvalue weighted by Crippen LogP contribution is 2.29. The number of carboxylic acid groups (broad SMARTS) is 1. The number of aliphatic hydroxyl groups excluding tert-OH is 1. The zero-order valence-electron chi connectivity index (χ0n) is 11.4. The average molecular weight is 342 g/mol. The highest BCUT2D eigenvalue weighted by Gasteiger charge is 2.30. The number of hydrogen-bond donors (Lipinski definition) is 3. The number of halogens is 1. The first-order valence-corrected chi connectivity index (χ1v) is 7.73. The fourth-order valence-electron chi connectivity index (χ4n) is 2.73. The smallest absolute Gasteiger partial charge is 0.335 e. The maximum Gasteiger partial charge on any atom is 0.335 e. The minimum absolute atomic E-state index is 0.151. The SMILES string of the molecule is O=C(O)c1ccc(CNC2(CO)CCCCC2)c(Br)c1. The normalized spacial score (nSPS) is 17.9. The van der Waals surface area contributed by atoms with Crippen molar-refractivity contribution in [3.63, 3.8) is 0 Å². The fraction of sp³-hybridized carbons (Fsp3) is 0.533. The summed E-state index contributed by atoms with van der Waals surface area (Å²) in [7, 11) is 0. The summed E-state index contributed by atoms with van der Waals surface area (Å²) in [4.78, 5) is 10.9. The van der Waals surface area contributed by atoms with E-state index in [-0.39, 0.29) is 17.7 Å². The lowest BCUT2D eigenvalue weighted by Gasteiger charge is -2.37. The summed E-state index contributed by atoms with van der Waals surface area (Å²) in [5.41, 5.74) is 1.10. The summed E-state index contributed by atoms with van der Waals surface area (Å²) >= 11 is 3.41. The van der Waals surface area contributed by atoms with Crippen LogP contribution in [0.4, 0.5) is 0 Å². The highest BCUT2D eigenvalue weighted by molar-refractivity contribution is 9.10. The third kappa shape index (κ3) is 3.59. The van der Waals surface area contributed by atoms with Crippen LogP contribution in [0.5, 0.6) is 0 Å². The molecule has 1 aromatic carbocycles. The number of rotatable bonds is 5. The van der Waals surface area contributed by atoms with Gasteiger partial charge in [0, 0.05) is 16.6 Å². The van der Waals surface area contributed by atoms with Gasteiger partial charge in [0.2, 0.25) is 0 Å². The molecule has 0 unspecified atom stereocenters. The zero-order valence-corrected chi connectivity index (χ0v) is 12.9. The Labute approximate surface area is 127 Å². The quantitative estimate of drug-likeness (QED) is 0.770. The lowest BCUT2D eigenvalue weighted by Crippen LogP contribution is -2.49. The van der Waals surface area contributed by atoms with Crippen molar-refractivity contribution in [2.75, 3.05) is 6.61 Å². The molecule has 0 spiro atoms. The van der Waals surface area contributed by atoms with Crippen molar-refractivity contribution in [2.24, 2.45) is 0 Å². The maximum absolute atomic E-state index is 10.9. The van der Waals surface area contributed by atoms with E-state index in [0.29, 0.717) is 6.54 Å². The van der Waals surface area contributed by atoms with Gasteiger partial charge in [0.25, 0.3) is 0 Å². The van der Waals surface area contributed by atoms with Gasteiger partial charge in [-0.2, -0.15) is 0 Å². The lowest BCUT2D eigenvalue weighted by atomic mass is 9.82. The number of benzene rings is 1. The van der Waals surface area contributed by atoms with Gasteiger partial charge in [-0.05, 0) is 30.5 Å². The molecular formula is C15H20BrNO3. The van der Waals surface area contributed by atoms with E-state index >= 15 is 0 Å². The molecule has 1 aliphatic rings. The van der Waals surface area contributed by atoms with Gasteiger partial charge in [-0.3, -0.25) is 0 Å². The summed E-state index contributed by atoms with van der Waals surface area (Å²) in [6, 6.07) is 5.04. The molecule has 4 nitrogen and oxygen atoms in total. The first-order valence-electron chi connectivity index (χ1n) is 6.94. The molecule has 1 saturated carbocycles. The van der Waals surface area contributed by atoms with Gasteiger partial charge < -0.3 is 15.5 Å². The number of hydrogen-bond acceptors (Lipinski definition) is 3. The Hall–Kier alpha value is -0.910. The predicted molar refractivity (Wildman–Crippen MR) is 80.8 cm³/mol. The third-order valence-electron chi connectivity index (χ3n) is 4.07. The average Bonchev–Trinajstić information content (AvgIpc) is 2.47. The Bertz CT molecular complexity index is 484. The molecule has 0 aliphatic heterocycles. The van der Waals surface area contributed by atoms with Crippen LogP contribution in [0, 0.1) is 0 Å². The number of carbonyl (C=O) groups is 1. The molecule has 0 heterocycles. The Morgan fingerprint density at radius 1 is 1.30 bits per heavy atom. The van der Waals surface area contributed by atoms with Crippen LogP contribution in [0.2, 0.25) is 0 Å². The molecule has 20 heavy (non-hydrogen) atoms. The second-order valence-corrected chi connectivity index (χ2v) is 6.32. The molecule has 0 saturated heterocycles. The molecule has 0 aromatic heterocycles. The summed E-state index contributed by atoms with van der Waals surface area (Å²) in [5.74, 6) is -0.927. The minimum Gasteiger partial charge on any atom is -0.478 e. The van der Waals surface area contributed by atoms with E-state index in [1.54, 1.807) is 12.1 Å². The Kier molecular flexibility index (Phi) is 5.18. The third-order valence-corrected chi connectivity index (χ3v) is 4.81. The van der Waals surface area contributed by atoms with Crippen molar-refractivity contribution in [3.05, 3.63) is 33.8 Å². The first-order chi connectivity index (χ1) is 9.56. The van der Waals surface area contributed by atoms with E-state index in [4.69, 9.17) is 5.11 Å². The predicted octanol–water partition coefficient (Wildman–Crippen LogP) is 2.93. The standard InChI is InChI=1S/C15H20BrNO3/c16-13-8-11(14(19)20)4-5-12(13)9-17-15(10-18)6-2-1-3-7-15/h4-5,8,17-18H,1-3,6-7,9-10H2,(H,19,20). The molecule has 0 radical (unpaired) electrons. The molecule has 0 amide bonds. The largest absolute Gasteiger partial charge is 0.478 e. The van der Waals surface area contributed by atoms with Crippen molar-refractivity contribution in [2.45, 2.75) is 44.2 Å². The van der Waals surface area contributed by atoms with Crippen LogP contribution < -0.4 is 5.32 Å². The van der Waals surface area contributed by atoms with Crippen molar-refractivity contribution < 1.29 is 15.0 Å². The second-order valence-electron chi connectivity index (χ2n) is 5.46. The van der Waals surface area contributed by atoms with Crippen molar-refractivity contribution in [3.8, 4) is 0 Å². The summed E-state index contributed by atoms with van der Waals surface area (Å²) in [6.07, 6.45) is 5.52. The Morgan fingerprint density at radius 2 is 2.00 bits per heavy atom. The van der Waals surface area contributed by atoms with Gasteiger partial charge in [-0.25, -0.2) is 4.79 Å². The lowest BCUT2D eigenvalue weighted by molar-refractivity contribution is 0.0697. The van der Waals surface area contributed by atoms with E-state index in [9.17, 15) is 9.90 Å². The topological polar surface area (TPSA) is 69.6 Å². The summed E-state index contributed by atoms with van der Waals surface area (Å²) in [6.45, 7) is 0.777. The van der Waals surface area contributed by atoms with E-state index in [1.807, 2.05) is 6.07 Å². The Morgan fingerprint density at radius 3 is 2.55 bits per heavy atom. The van der Waals surface area contributed by atoms with Crippen LogP contribution in [-0.2, 0) is 6.54 Å². The molecule has 1 aromatic rings. The van der Waals surface area contributed by atoms with Gasteiger partial charge in [0.15, 0.2) is 0 Å². The molecule has 110 valence electrons. The number of aliphatic hydroxyl groups is 1. The van der Waals surface area contributed by atoms with Gasteiger partial charge in [-0.1, -0.05) is 41.3 Å². The Balaban J connectivity index is 2.04. The zero-order chi connectivity index (χ0) is 14.6. The molecule has 1 aliphatic carbocycles. The number of carboxylic acids is 1. The second kappa shape index (κ2) is 6.70. The van der Waals surface area contributed by atoms with Crippen LogP contribution in [-0.4, -0.2) is 28.3 Å². The molecule has 0 atom stereocenters. The molecule has 5 heteroatoms. The van der Waals surface area contributed by atoms with E-state index in [0.717, 1.165) is 35.7 Å². The molecule has 2 rings (SSSR count). The minimum atomic E-state index is -0.927. The van der Waals surface area contributed by atoms with Crippen LogP contribution >= 0.6 is 15.9 Å². The van der Waals surface area contributed by atoms with Crippen LogP contribution in [0.15, 0.2) is 22.7 Å². The van der Waals surface area contributed by atoms with E-state index in [1.165, 1.54) is 6.42 Å². The maximum atomic E-state index is 10.9. The number of aromatic carboxylic acids is 1. The molecule has 1 fully saturated rings. The molecule has 3 N–H and O–H groups in total. The first kappa shape index (κ1) is 15.5. The van der Waals surface area contributed by atoms with Gasteiger partial charge in [-0.15, -0.1) is 0 Å². The van der Waals surface area contributed by atoms with Gasteiger partial charge >= 0.3 is 5.97 Å². The molecular weight excluding hydrogens is 322 g/mol. The van der Waals surface area contributed by atoms with Gasteiger partial charge in [0.05, 0.1) is 12.2 Å². The van der Waals surface area contributed by atoms with Gasteiger partial charge in [0.1, 0.15) is 0 Å². The summed E-state index contributed by atoms with van der Waals surface area (Å²) < 4.78 is 0.786. The summed E-state index contributed by atoms with van der Waals surface area (Å²) in [5, 5.41) is 22.1. The van der Waals surface area contributed by atoms with Crippen LogP contribution in [0.1, 0.15) is 48.0 Å². The van der Waals surface area contributed by atoms with Crippen LogP contribution in [0.25, 0.3) is 0 Å². The van der Waals surface area contributed by atoms with Crippen molar-refractivity contribution in [1.29, 1.82) is 0 Å². The van der Waals surface area contributed by atoms with Crippen molar-refractivity contribution >= 4 is 21.9 Å². The molecule has 0 bridgehead atoms. The number of nitrogens with one attached hydrogen (secondary N) is 1. The van der Waals surface area contributed by atoms with Crippen LogP contribution in [0.3, 0.4) is 0 Å². The van der Waals surface area contributed by atoms with Crippen molar-refractivity contribution in [1.82, 2.24) is 5.32 Å². The van der Waals surface area contributed by atoms with E-state index in [2.05, 4.69) is 21.2 Å².